The first-order valence-corrected chi connectivity index (χ1v) is 11.8. The average Bonchev–Trinajstić information content (AvgIpc) is 3.39. The maximum atomic E-state index is 13.3. The number of ether oxygens (including phenoxy) is 1. The highest BCUT2D eigenvalue weighted by molar-refractivity contribution is 7.22. The van der Waals surface area contributed by atoms with Gasteiger partial charge in [0, 0.05) is 35.6 Å². The van der Waals surface area contributed by atoms with E-state index >= 15 is 0 Å². The molecule has 1 amide bonds. The van der Waals surface area contributed by atoms with E-state index in [1.54, 1.807) is 17.9 Å². The SMILES string of the molecule is COc1cnc(Cl)cc1-c1cc(C)ncc1C(=O)Nc1nc2ccc(-c3c(C)nnn3C)cc2s1. The molecule has 0 bridgehead atoms. The minimum atomic E-state index is -0.339. The highest BCUT2D eigenvalue weighted by Gasteiger charge is 2.20. The summed E-state index contributed by atoms with van der Waals surface area (Å²) in [6, 6.07) is 9.40. The highest BCUT2D eigenvalue weighted by atomic mass is 35.5. The van der Waals surface area contributed by atoms with Crippen molar-refractivity contribution in [2.24, 2.45) is 7.05 Å². The molecule has 11 heteroatoms. The van der Waals surface area contributed by atoms with Crippen LogP contribution in [0.1, 0.15) is 21.7 Å². The Balaban J connectivity index is 1.50. The van der Waals surface area contributed by atoms with Gasteiger partial charge >= 0.3 is 0 Å². The zero-order chi connectivity index (χ0) is 24.7. The largest absolute Gasteiger partial charge is 0.494 e. The first-order chi connectivity index (χ1) is 16.8. The molecule has 0 unspecified atom stereocenters. The quantitative estimate of drug-likeness (QED) is 0.332. The molecule has 5 aromatic rings. The van der Waals surface area contributed by atoms with Gasteiger partial charge in [0.15, 0.2) is 5.13 Å². The molecule has 1 aromatic carbocycles. The number of carbonyl (C=O) groups excluding carboxylic acids is 1. The molecular weight excluding hydrogens is 486 g/mol. The van der Waals surface area contributed by atoms with Crippen LogP contribution >= 0.6 is 22.9 Å². The van der Waals surface area contributed by atoms with Crippen molar-refractivity contribution < 1.29 is 9.53 Å². The van der Waals surface area contributed by atoms with Crippen molar-refractivity contribution in [3.05, 3.63) is 64.8 Å². The molecule has 4 heterocycles. The molecule has 9 nitrogen and oxygen atoms in total. The summed E-state index contributed by atoms with van der Waals surface area (Å²) in [6.07, 6.45) is 3.07. The average molecular weight is 506 g/mol. The van der Waals surface area contributed by atoms with Gasteiger partial charge in [0.2, 0.25) is 0 Å². The van der Waals surface area contributed by atoms with Crippen molar-refractivity contribution >= 4 is 44.2 Å². The number of aromatic nitrogens is 6. The molecule has 0 spiro atoms. The molecule has 0 saturated heterocycles. The Bertz CT molecular complexity index is 1580. The van der Waals surface area contributed by atoms with Gasteiger partial charge in [-0.25, -0.2) is 14.6 Å². The van der Waals surface area contributed by atoms with E-state index < -0.39 is 0 Å². The second-order valence-corrected chi connectivity index (χ2v) is 9.30. The Kier molecular flexibility index (Phi) is 5.91. The summed E-state index contributed by atoms with van der Waals surface area (Å²) in [6.45, 7) is 3.77. The van der Waals surface area contributed by atoms with E-state index in [2.05, 4.69) is 30.6 Å². The van der Waals surface area contributed by atoms with Crippen molar-refractivity contribution in [2.45, 2.75) is 13.8 Å². The predicted octanol–water partition coefficient (Wildman–Crippen LogP) is 5.08. The zero-order valence-corrected chi connectivity index (χ0v) is 20.9. The molecular formula is C24H20ClN7O2S. The van der Waals surface area contributed by atoms with Gasteiger partial charge in [-0.2, -0.15) is 0 Å². The Morgan fingerprint density at radius 3 is 2.69 bits per heavy atom. The summed E-state index contributed by atoms with van der Waals surface area (Å²) < 4.78 is 8.13. The van der Waals surface area contributed by atoms with Gasteiger partial charge in [-0.05, 0) is 38.1 Å². The summed E-state index contributed by atoms with van der Waals surface area (Å²) in [7, 11) is 3.40. The molecule has 0 aliphatic rings. The predicted molar refractivity (Wildman–Crippen MR) is 136 cm³/mol. The van der Waals surface area contributed by atoms with Crippen molar-refractivity contribution in [1.82, 2.24) is 29.9 Å². The van der Waals surface area contributed by atoms with Crippen molar-refractivity contribution in [3.63, 3.8) is 0 Å². The van der Waals surface area contributed by atoms with E-state index in [1.165, 1.54) is 23.7 Å². The van der Waals surface area contributed by atoms with Gasteiger partial charge in [0.1, 0.15) is 10.9 Å². The highest BCUT2D eigenvalue weighted by Crippen LogP contribution is 2.35. The Morgan fingerprint density at radius 1 is 1.11 bits per heavy atom. The lowest BCUT2D eigenvalue weighted by molar-refractivity contribution is 0.102. The second-order valence-electron chi connectivity index (χ2n) is 7.88. The third kappa shape index (κ3) is 4.33. The zero-order valence-electron chi connectivity index (χ0n) is 19.3. The number of hydrogen-bond acceptors (Lipinski definition) is 8. The Morgan fingerprint density at radius 2 is 1.94 bits per heavy atom. The fourth-order valence-electron chi connectivity index (χ4n) is 3.90. The summed E-state index contributed by atoms with van der Waals surface area (Å²) >= 11 is 7.53. The van der Waals surface area contributed by atoms with Crippen LogP contribution in [0.2, 0.25) is 5.15 Å². The number of hydrogen-bond donors (Lipinski definition) is 1. The lowest BCUT2D eigenvalue weighted by atomic mass is 10.0. The lowest BCUT2D eigenvalue weighted by Crippen LogP contribution is -2.14. The molecule has 4 aromatic heterocycles. The van der Waals surface area contributed by atoms with E-state index in [9.17, 15) is 4.79 Å². The third-order valence-electron chi connectivity index (χ3n) is 5.51. The number of aryl methyl sites for hydroxylation is 3. The topological polar surface area (TPSA) is 108 Å². The number of halogens is 1. The number of fused-ring (bicyclic) bond motifs is 1. The fraction of sp³-hybridized carbons (Fsp3) is 0.167. The number of anilines is 1. The maximum absolute atomic E-state index is 13.3. The van der Waals surface area contributed by atoms with Gasteiger partial charge in [0.05, 0.1) is 40.5 Å². The summed E-state index contributed by atoms with van der Waals surface area (Å²) in [4.78, 5) is 26.3. The first kappa shape index (κ1) is 22.9. The van der Waals surface area contributed by atoms with Crippen molar-refractivity contribution in [1.29, 1.82) is 0 Å². The van der Waals surface area contributed by atoms with Crippen molar-refractivity contribution in [2.75, 3.05) is 12.4 Å². The van der Waals surface area contributed by atoms with E-state index in [1.807, 2.05) is 45.2 Å². The summed E-state index contributed by atoms with van der Waals surface area (Å²) in [5.41, 5.74) is 5.95. The number of rotatable bonds is 5. The molecule has 176 valence electrons. The smallest absolute Gasteiger partial charge is 0.259 e. The van der Waals surface area contributed by atoms with Gasteiger partial charge in [-0.15, -0.1) is 5.10 Å². The molecule has 0 fully saturated rings. The molecule has 0 atom stereocenters. The van der Waals surface area contributed by atoms with Crippen LogP contribution in [0, 0.1) is 13.8 Å². The van der Waals surface area contributed by atoms with Crippen LogP contribution < -0.4 is 10.1 Å². The fourth-order valence-corrected chi connectivity index (χ4v) is 4.96. The van der Waals surface area contributed by atoms with E-state index in [0.717, 1.165) is 32.9 Å². The summed E-state index contributed by atoms with van der Waals surface area (Å²) in [5.74, 6) is 0.162. The molecule has 35 heavy (non-hydrogen) atoms. The maximum Gasteiger partial charge on any atom is 0.259 e. The summed E-state index contributed by atoms with van der Waals surface area (Å²) in [5, 5.41) is 11.9. The number of carbonyl (C=O) groups is 1. The van der Waals surface area contributed by atoms with Crippen LogP contribution in [0.5, 0.6) is 5.75 Å². The van der Waals surface area contributed by atoms with Crippen LogP contribution in [0.25, 0.3) is 32.6 Å². The first-order valence-electron chi connectivity index (χ1n) is 10.6. The minimum Gasteiger partial charge on any atom is -0.494 e. The number of benzene rings is 1. The lowest BCUT2D eigenvalue weighted by Gasteiger charge is -2.13. The number of amides is 1. The third-order valence-corrected chi connectivity index (χ3v) is 6.65. The van der Waals surface area contributed by atoms with Crippen LogP contribution in [-0.4, -0.2) is 43.0 Å². The van der Waals surface area contributed by atoms with Gasteiger partial charge < -0.3 is 4.74 Å². The molecule has 0 radical (unpaired) electrons. The number of pyridine rings is 2. The molecule has 0 saturated carbocycles. The normalized spacial score (nSPS) is 11.1. The van der Waals surface area contributed by atoms with Crippen LogP contribution in [0.15, 0.2) is 42.7 Å². The Labute approximate surface area is 209 Å². The van der Waals surface area contributed by atoms with Crippen LogP contribution in [-0.2, 0) is 7.05 Å². The number of thiazole rings is 1. The number of nitrogens with one attached hydrogen (secondary N) is 1. The molecule has 0 aliphatic carbocycles. The molecule has 0 aliphatic heterocycles. The second kappa shape index (κ2) is 9.05. The van der Waals surface area contributed by atoms with E-state index in [-0.39, 0.29) is 5.91 Å². The van der Waals surface area contributed by atoms with Gasteiger partial charge in [0.25, 0.3) is 5.91 Å². The van der Waals surface area contributed by atoms with E-state index in [4.69, 9.17) is 16.3 Å². The number of nitrogens with zero attached hydrogens (tertiary/aromatic N) is 6. The van der Waals surface area contributed by atoms with Gasteiger partial charge in [-0.1, -0.05) is 34.2 Å². The standard InChI is InChI=1S/C24H20ClN7O2S/c1-12-7-15(16-9-21(25)27-11-19(16)34-4)17(10-26-12)23(33)29-24-28-18-6-5-14(8-20(18)35-24)22-13(2)30-31-32(22)3/h5-11H,1-4H3,(H,28,29,33). The minimum absolute atomic E-state index is 0.294. The Hall–Kier alpha value is -3.89. The number of methoxy groups -OCH3 is 1. The van der Waals surface area contributed by atoms with Crippen LogP contribution in [0.3, 0.4) is 0 Å². The van der Waals surface area contributed by atoms with Crippen molar-refractivity contribution in [3.8, 4) is 28.1 Å². The monoisotopic (exact) mass is 505 g/mol. The molecule has 1 N–H and O–H groups in total. The van der Waals surface area contributed by atoms with E-state index in [0.29, 0.717) is 32.7 Å². The molecule has 5 rings (SSSR count). The van der Waals surface area contributed by atoms with Crippen LogP contribution in [0.4, 0.5) is 5.13 Å². The van der Waals surface area contributed by atoms with Gasteiger partial charge in [-0.3, -0.25) is 15.1 Å².